The summed E-state index contributed by atoms with van der Waals surface area (Å²) in [7, 11) is 0. The molecule has 1 unspecified atom stereocenters. The van der Waals surface area contributed by atoms with E-state index in [1.165, 1.54) is 0 Å². The topological polar surface area (TPSA) is 29.1 Å². The van der Waals surface area contributed by atoms with E-state index in [-0.39, 0.29) is 11.9 Å². The van der Waals surface area contributed by atoms with Crippen LogP contribution in [0.2, 0.25) is 0 Å². The predicted octanol–water partition coefficient (Wildman–Crippen LogP) is 3.12. The normalized spacial score (nSPS) is 11.9. The van der Waals surface area contributed by atoms with Crippen molar-refractivity contribution < 1.29 is 4.79 Å². The van der Waals surface area contributed by atoms with Crippen molar-refractivity contribution in [3.63, 3.8) is 0 Å². The van der Waals surface area contributed by atoms with Crippen LogP contribution in [0.5, 0.6) is 0 Å². The molecule has 3 heteroatoms. The lowest BCUT2D eigenvalue weighted by Gasteiger charge is -2.11. The number of hydrogen-bond donors (Lipinski definition) is 1. The number of hydrogen-bond acceptors (Lipinski definition) is 1. The molecule has 1 rings (SSSR count). The first-order chi connectivity index (χ1) is 7.67. The van der Waals surface area contributed by atoms with E-state index in [0.717, 1.165) is 12.0 Å². The van der Waals surface area contributed by atoms with E-state index in [9.17, 15) is 4.79 Å². The number of benzene rings is 1. The highest BCUT2D eigenvalue weighted by atomic mass is 35.5. The molecule has 0 aliphatic carbocycles. The SMILES string of the molecule is C=CCC(C)NC(=O)c1cccc(CCl)c1. The second-order valence-electron chi connectivity index (χ2n) is 3.73. The van der Waals surface area contributed by atoms with Gasteiger partial charge in [-0.2, -0.15) is 0 Å². The molecule has 0 aliphatic rings. The number of carbonyl (C=O) groups excluding carboxylic acids is 1. The number of carbonyl (C=O) groups is 1. The van der Waals surface area contributed by atoms with Crippen molar-refractivity contribution in [1.29, 1.82) is 0 Å². The monoisotopic (exact) mass is 237 g/mol. The van der Waals surface area contributed by atoms with Gasteiger partial charge in [0, 0.05) is 17.5 Å². The summed E-state index contributed by atoms with van der Waals surface area (Å²) in [5.74, 6) is 0.352. The van der Waals surface area contributed by atoms with Crippen LogP contribution in [0.15, 0.2) is 36.9 Å². The summed E-state index contributed by atoms with van der Waals surface area (Å²) in [5.41, 5.74) is 1.60. The Morgan fingerprint density at radius 1 is 1.62 bits per heavy atom. The maximum Gasteiger partial charge on any atom is 0.251 e. The van der Waals surface area contributed by atoms with Crippen molar-refractivity contribution in [2.24, 2.45) is 0 Å². The Kier molecular flexibility index (Phi) is 5.06. The molecule has 0 radical (unpaired) electrons. The quantitative estimate of drug-likeness (QED) is 0.619. The molecule has 16 heavy (non-hydrogen) atoms. The zero-order chi connectivity index (χ0) is 12.0. The van der Waals surface area contributed by atoms with Gasteiger partial charge < -0.3 is 5.32 Å². The van der Waals surface area contributed by atoms with E-state index < -0.39 is 0 Å². The molecule has 0 saturated carbocycles. The Hall–Kier alpha value is -1.28. The molecule has 0 saturated heterocycles. The van der Waals surface area contributed by atoms with Gasteiger partial charge in [-0.25, -0.2) is 0 Å². The van der Waals surface area contributed by atoms with E-state index in [4.69, 9.17) is 11.6 Å². The lowest BCUT2D eigenvalue weighted by atomic mass is 10.1. The van der Waals surface area contributed by atoms with E-state index in [0.29, 0.717) is 11.4 Å². The van der Waals surface area contributed by atoms with Gasteiger partial charge in [-0.05, 0) is 31.0 Å². The van der Waals surface area contributed by atoms with Crippen LogP contribution in [0.4, 0.5) is 0 Å². The van der Waals surface area contributed by atoms with E-state index in [2.05, 4.69) is 11.9 Å². The fourth-order valence-corrected chi connectivity index (χ4v) is 1.58. The minimum Gasteiger partial charge on any atom is -0.349 e. The fraction of sp³-hybridized carbons (Fsp3) is 0.308. The molecule has 2 nitrogen and oxygen atoms in total. The highest BCUT2D eigenvalue weighted by Gasteiger charge is 2.08. The van der Waals surface area contributed by atoms with E-state index in [1.54, 1.807) is 12.1 Å². The van der Waals surface area contributed by atoms with Crippen molar-refractivity contribution in [3.05, 3.63) is 48.0 Å². The highest BCUT2D eigenvalue weighted by molar-refractivity contribution is 6.17. The zero-order valence-electron chi connectivity index (χ0n) is 9.37. The van der Waals surface area contributed by atoms with Crippen molar-refractivity contribution in [3.8, 4) is 0 Å². The molecular weight excluding hydrogens is 222 g/mol. The zero-order valence-corrected chi connectivity index (χ0v) is 10.1. The molecule has 1 N–H and O–H groups in total. The summed E-state index contributed by atoms with van der Waals surface area (Å²) in [6.07, 6.45) is 2.56. The number of nitrogens with one attached hydrogen (secondary N) is 1. The molecule has 0 spiro atoms. The molecule has 1 aromatic rings. The van der Waals surface area contributed by atoms with Crippen LogP contribution in [0.25, 0.3) is 0 Å². The van der Waals surface area contributed by atoms with Crippen molar-refractivity contribution in [2.45, 2.75) is 25.3 Å². The van der Waals surface area contributed by atoms with Gasteiger partial charge in [0.25, 0.3) is 5.91 Å². The van der Waals surface area contributed by atoms with Crippen LogP contribution in [0.3, 0.4) is 0 Å². The van der Waals surface area contributed by atoms with Gasteiger partial charge in [0.1, 0.15) is 0 Å². The lowest BCUT2D eigenvalue weighted by Crippen LogP contribution is -2.32. The predicted molar refractivity (Wildman–Crippen MR) is 67.7 cm³/mol. The van der Waals surface area contributed by atoms with Crippen molar-refractivity contribution >= 4 is 17.5 Å². The van der Waals surface area contributed by atoms with Gasteiger partial charge >= 0.3 is 0 Å². The summed E-state index contributed by atoms with van der Waals surface area (Å²) >= 11 is 5.71. The largest absolute Gasteiger partial charge is 0.349 e. The standard InChI is InChI=1S/C13H16ClNO/c1-3-5-10(2)15-13(16)12-7-4-6-11(8-12)9-14/h3-4,6-8,10H,1,5,9H2,2H3,(H,15,16). The molecule has 0 fully saturated rings. The van der Waals surface area contributed by atoms with Crippen LogP contribution < -0.4 is 5.32 Å². The summed E-state index contributed by atoms with van der Waals surface area (Å²) in [4.78, 5) is 11.8. The van der Waals surface area contributed by atoms with Crippen LogP contribution >= 0.6 is 11.6 Å². The number of rotatable bonds is 5. The van der Waals surface area contributed by atoms with Gasteiger partial charge in [-0.1, -0.05) is 18.2 Å². The minimum atomic E-state index is -0.0682. The average Bonchev–Trinajstić information content (AvgIpc) is 2.29. The van der Waals surface area contributed by atoms with Gasteiger partial charge in [-0.3, -0.25) is 4.79 Å². The van der Waals surface area contributed by atoms with E-state index in [1.807, 2.05) is 25.1 Å². The van der Waals surface area contributed by atoms with Crippen molar-refractivity contribution in [2.75, 3.05) is 0 Å². The fourth-order valence-electron chi connectivity index (χ4n) is 1.41. The lowest BCUT2D eigenvalue weighted by molar-refractivity contribution is 0.0940. The molecule has 1 aromatic carbocycles. The van der Waals surface area contributed by atoms with Crippen molar-refractivity contribution in [1.82, 2.24) is 5.32 Å². The molecule has 0 heterocycles. The van der Waals surface area contributed by atoms with E-state index >= 15 is 0 Å². The molecule has 0 bridgehead atoms. The first-order valence-corrected chi connectivity index (χ1v) is 5.77. The average molecular weight is 238 g/mol. The third kappa shape index (κ3) is 3.70. The summed E-state index contributed by atoms with van der Waals surface area (Å²) in [5, 5.41) is 2.90. The van der Waals surface area contributed by atoms with Crippen LogP contribution in [-0.2, 0) is 5.88 Å². The molecular formula is C13H16ClNO. The van der Waals surface area contributed by atoms with Crippen LogP contribution in [0, 0.1) is 0 Å². The number of amides is 1. The molecule has 0 aromatic heterocycles. The molecule has 86 valence electrons. The third-order valence-electron chi connectivity index (χ3n) is 2.24. The van der Waals surface area contributed by atoms with Gasteiger partial charge in [0.2, 0.25) is 0 Å². The van der Waals surface area contributed by atoms with Crippen LogP contribution in [-0.4, -0.2) is 11.9 Å². The summed E-state index contributed by atoms with van der Waals surface area (Å²) < 4.78 is 0. The highest BCUT2D eigenvalue weighted by Crippen LogP contribution is 2.08. The van der Waals surface area contributed by atoms with Crippen LogP contribution in [0.1, 0.15) is 29.3 Å². The summed E-state index contributed by atoms with van der Waals surface area (Å²) in [6.45, 7) is 5.59. The number of alkyl halides is 1. The molecule has 1 atom stereocenters. The maximum atomic E-state index is 11.8. The Morgan fingerprint density at radius 2 is 2.38 bits per heavy atom. The Morgan fingerprint density at radius 3 is 3.00 bits per heavy atom. The third-order valence-corrected chi connectivity index (χ3v) is 2.55. The molecule has 1 amide bonds. The van der Waals surface area contributed by atoms with Gasteiger partial charge in [0.15, 0.2) is 0 Å². The summed E-state index contributed by atoms with van der Waals surface area (Å²) in [6, 6.07) is 7.43. The molecule has 0 aliphatic heterocycles. The second kappa shape index (κ2) is 6.33. The first kappa shape index (κ1) is 12.8. The Bertz CT molecular complexity index is 376. The minimum absolute atomic E-state index is 0.0682. The Labute approximate surface area is 101 Å². The smallest absolute Gasteiger partial charge is 0.251 e. The first-order valence-electron chi connectivity index (χ1n) is 5.24. The van der Waals surface area contributed by atoms with Gasteiger partial charge in [-0.15, -0.1) is 18.2 Å². The maximum absolute atomic E-state index is 11.8. The number of halogens is 1. The Balaban J connectivity index is 2.68. The van der Waals surface area contributed by atoms with Gasteiger partial charge in [0.05, 0.1) is 0 Å². The second-order valence-corrected chi connectivity index (χ2v) is 4.00.